The first-order chi connectivity index (χ1) is 12.2. The van der Waals surface area contributed by atoms with Gasteiger partial charge < -0.3 is 5.32 Å². The highest BCUT2D eigenvalue weighted by Gasteiger charge is 2.18. The number of aromatic nitrogens is 2. The van der Waals surface area contributed by atoms with Crippen molar-refractivity contribution in [1.29, 1.82) is 0 Å². The van der Waals surface area contributed by atoms with Crippen molar-refractivity contribution in [3.63, 3.8) is 0 Å². The number of hydrogen-bond donors (Lipinski definition) is 2. The fourth-order valence-corrected chi connectivity index (χ4v) is 3.35. The highest BCUT2D eigenvalue weighted by atomic mass is 35.5. The number of hydrogen-bond acceptors (Lipinski definition) is 3. The molecule has 2 N–H and O–H groups in total. The summed E-state index contributed by atoms with van der Waals surface area (Å²) < 4.78 is 4.66. The summed E-state index contributed by atoms with van der Waals surface area (Å²) in [6.07, 6.45) is 1.90. The molecule has 1 aromatic carbocycles. The maximum Gasteiger partial charge on any atom is 0.329 e. The molecular weight excluding hydrogens is 368 g/mol. The molecule has 0 bridgehead atoms. The van der Waals surface area contributed by atoms with Gasteiger partial charge in [0.05, 0.1) is 0 Å². The van der Waals surface area contributed by atoms with Gasteiger partial charge in [-0.3, -0.25) is 9.40 Å². The van der Waals surface area contributed by atoms with Crippen molar-refractivity contribution in [2.24, 2.45) is 0 Å². The first kappa shape index (κ1) is 20.6. The molecule has 2 aromatic rings. The smallest absolute Gasteiger partial charge is 0.307 e. The summed E-state index contributed by atoms with van der Waals surface area (Å²) in [5.41, 5.74) is 2.90. The molecule has 142 valence electrons. The molecule has 0 saturated heterocycles. The summed E-state index contributed by atoms with van der Waals surface area (Å²) in [6, 6.07) is 5.73. The van der Waals surface area contributed by atoms with Gasteiger partial charge in [0, 0.05) is 34.9 Å². The van der Waals surface area contributed by atoms with Crippen LogP contribution in [-0.2, 0) is 0 Å². The number of nitrogens with zero attached hydrogens (tertiary/aromatic N) is 2. The van der Waals surface area contributed by atoms with Crippen LogP contribution in [0.2, 0.25) is 5.02 Å². The third-order valence-corrected chi connectivity index (χ3v) is 4.94. The van der Waals surface area contributed by atoms with Gasteiger partial charge in [-0.15, -0.1) is 0 Å². The van der Waals surface area contributed by atoms with Gasteiger partial charge in [-0.25, -0.2) is 4.79 Å². The van der Waals surface area contributed by atoms with Crippen LogP contribution in [0.15, 0.2) is 29.4 Å². The van der Waals surface area contributed by atoms with Crippen LogP contribution in [0.3, 0.4) is 0 Å². The standard InChI is InChI=1S/C19H27ClN4OS/c1-11(2)15-9-14(20)10-16(12(3)4)18(15)21-19(25)23-26-17-7-8-24(22-17)13(5)6/h7-13H,1-6H3,(H2,21,23,25). The molecule has 2 rings (SSSR count). The fourth-order valence-electron chi connectivity index (χ4n) is 2.61. The summed E-state index contributed by atoms with van der Waals surface area (Å²) in [7, 11) is 0. The zero-order valence-electron chi connectivity index (χ0n) is 16.1. The van der Waals surface area contributed by atoms with E-state index in [4.69, 9.17) is 11.6 Å². The van der Waals surface area contributed by atoms with Crippen molar-refractivity contribution < 1.29 is 4.79 Å². The number of halogens is 1. The van der Waals surface area contributed by atoms with Gasteiger partial charge >= 0.3 is 6.03 Å². The molecule has 0 unspecified atom stereocenters. The second kappa shape index (κ2) is 8.82. The highest BCUT2D eigenvalue weighted by molar-refractivity contribution is 7.97. The molecule has 26 heavy (non-hydrogen) atoms. The molecule has 0 aliphatic heterocycles. The highest BCUT2D eigenvalue weighted by Crippen LogP contribution is 2.35. The predicted octanol–water partition coefficient (Wildman–Crippen LogP) is 6.19. The van der Waals surface area contributed by atoms with Gasteiger partial charge in [0.25, 0.3) is 0 Å². The van der Waals surface area contributed by atoms with E-state index in [-0.39, 0.29) is 23.9 Å². The number of carbonyl (C=O) groups excluding carboxylic acids is 1. The van der Waals surface area contributed by atoms with E-state index in [0.29, 0.717) is 5.02 Å². The Balaban J connectivity index is 2.14. The molecule has 0 saturated carbocycles. The van der Waals surface area contributed by atoms with Crippen LogP contribution in [0.4, 0.5) is 10.5 Å². The van der Waals surface area contributed by atoms with Crippen LogP contribution in [0.5, 0.6) is 0 Å². The molecule has 0 spiro atoms. The van der Waals surface area contributed by atoms with Crippen LogP contribution in [0.1, 0.15) is 70.5 Å². The maximum absolute atomic E-state index is 12.5. The molecule has 7 heteroatoms. The lowest BCUT2D eigenvalue weighted by Gasteiger charge is -2.21. The predicted molar refractivity (Wildman–Crippen MR) is 110 cm³/mol. The topological polar surface area (TPSA) is 59.0 Å². The average molecular weight is 395 g/mol. The quantitative estimate of drug-likeness (QED) is 0.574. The van der Waals surface area contributed by atoms with Crippen molar-refractivity contribution in [3.8, 4) is 0 Å². The van der Waals surface area contributed by atoms with Crippen molar-refractivity contribution in [2.45, 2.75) is 64.4 Å². The lowest BCUT2D eigenvalue weighted by Crippen LogP contribution is -2.24. The Kier molecular flexibility index (Phi) is 7.01. The van der Waals surface area contributed by atoms with Crippen molar-refractivity contribution in [2.75, 3.05) is 5.32 Å². The molecule has 0 fully saturated rings. The largest absolute Gasteiger partial charge is 0.329 e. The second-order valence-corrected chi connectivity index (χ2v) is 8.42. The molecule has 5 nitrogen and oxygen atoms in total. The molecule has 2 amide bonds. The average Bonchev–Trinajstić information content (AvgIpc) is 3.03. The van der Waals surface area contributed by atoms with E-state index in [0.717, 1.165) is 21.8 Å². The number of rotatable bonds is 6. The lowest BCUT2D eigenvalue weighted by molar-refractivity contribution is 0.257. The molecule has 1 aromatic heterocycles. The monoisotopic (exact) mass is 394 g/mol. The first-order valence-corrected chi connectivity index (χ1v) is 10.0. The minimum atomic E-state index is -0.278. The summed E-state index contributed by atoms with van der Waals surface area (Å²) in [6.45, 7) is 12.5. The normalized spacial score (nSPS) is 11.5. The van der Waals surface area contributed by atoms with E-state index in [9.17, 15) is 4.79 Å². The van der Waals surface area contributed by atoms with Crippen LogP contribution in [0.25, 0.3) is 0 Å². The number of nitrogens with one attached hydrogen (secondary N) is 2. The Hall–Kier alpha value is -1.66. The lowest BCUT2D eigenvalue weighted by atomic mass is 9.92. The summed E-state index contributed by atoms with van der Waals surface area (Å²) in [5.74, 6) is 0.492. The Labute approximate surface area is 165 Å². The Morgan fingerprint density at radius 2 is 1.69 bits per heavy atom. The zero-order chi connectivity index (χ0) is 19.4. The van der Waals surface area contributed by atoms with E-state index in [1.54, 1.807) is 0 Å². The number of benzene rings is 1. The van der Waals surface area contributed by atoms with Crippen molar-refractivity contribution in [3.05, 3.63) is 40.5 Å². The Bertz CT molecular complexity index is 742. The summed E-state index contributed by atoms with van der Waals surface area (Å²) in [5, 5.41) is 8.86. The van der Waals surface area contributed by atoms with E-state index < -0.39 is 0 Å². The van der Waals surface area contributed by atoms with E-state index in [1.807, 2.05) is 29.1 Å². The molecule has 0 aliphatic carbocycles. The zero-order valence-corrected chi connectivity index (χ0v) is 17.7. The number of carbonyl (C=O) groups is 1. The molecule has 1 heterocycles. The van der Waals surface area contributed by atoms with Gasteiger partial charge in [0.2, 0.25) is 0 Å². The van der Waals surface area contributed by atoms with Gasteiger partial charge in [-0.1, -0.05) is 39.3 Å². The van der Waals surface area contributed by atoms with Crippen molar-refractivity contribution >= 4 is 35.3 Å². The van der Waals surface area contributed by atoms with Crippen molar-refractivity contribution in [1.82, 2.24) is 14.5 Å². The van der Waals surface area contributed by atoms with Crippen LogP contribution in [-0.4, -0.2) is 15.8 Å². The van der Waals surface area contributed by atoms with Crippen LogP contribution < -0.4 is 10.0 Å². The number of urea groups is 1. The minimum Gasteiger partial charge on any atom is -0.307 e. The summed E-state index contributed by atoms with van der Waals surface area (Å²) in [4.78, 5) is 12.5. The fraction of sp³-hybridized carbons (Fsp3) is 0.474. The van der Waals surface area contributed by atoms with Crippen LogP contribution in [0, 0.1) is 0 Å². The second-order valence-electron chi connectivity index (χ2n) is 7.15. The third kappa shape index (κ3) is 5.17. The van der Waals surface area contributed by atoms with Gasteiger partial charge in [-0.05, 0) is 55.0 Å². The molecule has 0 atom stereocenters. The van der Waals surface area contributed by atoms with E-state index in [1.165, 1.54) is 11.9 Å². The molecular formula is C19H27ClN4OS. The van der Waals surface area contributed by atoms with Gasteiger partial charge in [-0.2, -0.15) is 5.10 Å². The van der Waals surface area contributed by atoms with Crippen LogP contribution >= 0.6 is 23.5 Å². The molecule has 0 radical (unpaired) electrons. The van der Waals surface area contributed by atoms with Gasteiger partial charge in [0.1, 0.15) is 5.03 Å². The third-order valence-electron chi connectivity index (χ3n) is 4.01. The Morgan fingerprint density at radius 3 is 2.15 bits per heavy atom. The summed E-state index contributed by atoms with van der Waals surface area (Å²) >= 11 is 7.47. The minimum absolute atomic E-state index is 0.246. The first-order valence-electron chi connectivity index (χ1n) is 8.81. The van der Waals surface area contributed by atoms with E-state index in [2.05, 4.69) is 56.7 Å². The van der Waals surface area contributed by atoms with E-state index >= 15 is 0 Å². The molecule has 0 aliphatic rings. The number of amides is 2. The number of anilines is 1. The SMILES string of the molecule is CC(C)c1cc(Cl)cc(C(C)C)c1NC(=O)NSc1ccn(C(C)C)n1. The van der Waals surface area contributed by atoms with Gasteiger partial charge in [0.15, 0.2) is 0 Å². The maximum atomic E-state index is 12.5. The Morgan fingerprint density at radius 1 is 1.12 bits per heavy atom.